The monoisotopic (exact) mass is 367 g/mol. The molecule has 0 unspecified atom stereocenters. The maximum Gasteiger partial charge on any atom is 0.223 e. The van der Waals surface area contributed by atoms with Crippen LogP contribution in [0.15, 0.2) is 24.3 Å². The summed E-state index contributed by atoms with van der Waals surface area (Å²) in [5, 5.41) is 0.724. The van der Waals surface area contributed by atoms with Gasteiger partial charge in [0.15, 0.2) is 0 Å². The first kappa shape index (κ1) is 17.1. The Balaban J connectivity index is 2.15. The number of aryl methyl sites for hydroxylation is 1. The average molecular weight is 368 g/mol. The number of hydrogen-bond acceptors (Lipinski definition) is 2. The Morgan fingerprint density at radius 1 is 1.19 bits per heavy atom. The molecule has 0 atom stereocenters. The molecule has 26 heavy (non-hydrogen) atoms. The molecular formula is C21H22ClN3O. The van der Waals surface area contributed by atoms with Gasteiger partial charge in [0.25, 0.3) is 0 Å². The van der Waals surface area contributed by atoms with Crippen molar-refractivity contribution >= 4 is 34.2 Å². The third kappa shape index (κ3) is 2.36. The van der Waals surface area contributed by atoms with Crippen molar-refractivity contribution < 1.29 is 4.79 Å². The van der Waals surface area contributed by atoms with Gasteiger partial charge in [0.1, 0.15) is 5.82 Å². The number of nitrogens with zero attached hydrogens (tertiary/aromatic N) is 3. The van der Waals surface area contributed by atoms with Crippen LogP contribution in [-0.2, 0) is 17.8 Å². The maximum absolute atomic E-state index is 12.3. The van der Waals surface area contributed by atoms with Crippen LogP contribution in [-0.4, -0.2) is 22.0 Å². The molecule has 0 spiro atoms. The normalized spacial score (nSPS) is 13.5. The first-order valence-electron chi connectivity index (χ1n) is 9.00. The van der Waals surface area contributed by atoms with E-state index in [1.54, 1.807) is 6.92 Å². The van der Waals surface area contributed by atoms with E-state index in [2.05, 4.69) is 30.5 Å². The lowest BCUT2D eigenvalue weighted by Crippen LogP contribution is -2.36. The summed E-state index contributed by atoms with van der Waals surface area (Å²) < 4.78 is 2.25. The van der Waals surface area contributed by atoms with Crippen molar-refractivity contribution in [2.24, 2.45) is 0 Å². The van der Waals surface area contributed by atoms with E-state index in [0.29, 0.717) is 6.54 Å². The summed E-state index contributed by atoms with van der Waals surface area (Å²) in [5.74, 6) is 1.08. The number of carbonyl (C=O) groups is 1. The zero-order valence-electron chi connectivity index (χ0n) is 15.6. The Morgan fingerprint density at radius 3 is 2.50 bits per heavy atom. The number of anilines is 1. The molecule has 3 aromatic rings. The van der Waals surface area contributed by atoms with Crippen LogP contribution in [0.3, 0.4) is 0 Å². The van der Waals surface area contributed by atoms with Crippen LogP contribution in [0.25, 0.3) is 22.2 Å². The van der Waals surface area contributed by atoms with E-state index in [0.717, 1.165) is 51.7 Å². The quantitative estimate of drug-likeness (QED) is 0.646. The van der Waals surface area contributed by atoms with Crippen LogP contribution >= 0.6 is 11.6 Å². The molecule has 1 aliphatic rings. The van der Waals surface area contributed by atoms with Gasteiger partial charge in [-0.2, -0.15) is 0 Å². The first-order chi connectivity index (χ1) is 12.4. The Hall–Kier alpha value is -2.33. The lowest BCUT2D eigenvalue weighted by atomic mass is 9.90. The highest BCUT2D eigenvalue weighted by atomic mass is 35.5. The summed E-state index contributed by atoms with van der Waals surface area (Å²) in [5.41, 5.74) is 7.76. The predicted octanol–water partition coefficient (Wildman–Crippen LogP) is 4.90. The van der Waals surface area contributed by atoms with Crippen LogP contribution in [0.2, 0.25) is 5.02 Å². The van der Waals surface area contributed by atoms with E-state index in [4.69, 9.17) is 16.6 Å². The fourth-order valence-electron chi connectivity index (χ4n) is 4.23. The number of carbonyl (C=O) groups excluding carboxylic acids is 1. The minimum atomic E-state index is 0.0841. The van der Waals surface area contributed by atoms with E-state index >= 15 is 0 Å². The van der Waals surface area contributed by atoms with Crippen molar-refractivity contribution in [2.75, 3.05) is 11.4 Å². The largest absolute Gasteiger partial charge is 0.325 e. The molecule has 0 radical (unpaired) electrons. The molecule has 1 aliphatic heterocycles. The molecular weight excluding hydrogens is 346 g/mol. The summed E-state index contributed by atoms with van der Waals surface area (Å²) >= 11 is 6.10. The van der Waals surface area contributed by atoms with Crippen LogP contribution in [0.5, 0.6) is 0 Å². The SMILES string of the molecule is CCc1c(C)c2c3c(nc(C)n3CCN2C(C)=O)c1-c1ccc(Cl)cc1. The van der Waals surface area contributed by atoms with Gasteiger partial charge >= 0.3 is 0 Å². The third-order valence-corrected chi connectivity index (χ3v) is 5.66. The average Bonchev–Trinajstić information content (AvgIpc) is 2.95. The molecule has 0 saturated heterocycles. The van der Waals surface area contributed by atoms with Crippen molar-refractivity contribution in [1.82, 2.24) is 9.55 Å². The Bertz CT molecular complexity index is 1030. The number of imidazole rings is 1. The number of benzene rings is 2. The van der Waals surface area contributed by atoms with Gasteiger partial charge in [-0.15, -0.1) is 0 Å². The van der Waals surface area contributed by atoms with Crippen LogP contribution < -0.4 is 4.90 Å². The van der Waals surface area contributed by atoms with Crippen LogP contribution in [0, 0.1) is 13.8 Å². The van der Waals surface area contributed by atoms with E-state index in [1.807, 2.05) is 24.0 Å². The standard InChI is InChI=1S/C21H22ClN3O/c1-5-17-12(2)20-21-19(18(17)15-6-8-16(22)9-7-15)23-13(3)24(21)10-11-25(20)14(4)26/h6-9H,5,10-11H2,1-4H3. The number of amides is 1. The van der Waals surface area contributed by atoms with E-state index in [-0.39, 0.29) is 5.91 Å². The van der Waals surface area contributed by atoms with Gasteiger partial charge < -0.3 is 9.47 Å². The van der Waals surface area contributed by atoms with E-state index < -0.39 is 0 Å². The Kier molecular flexibility index (Phi) is 4.03. The third-order valence-electron chi connectivity index (χ3n) is 5.41. The smallest absolute Gasteiger partial charge is 0.223 e. The molecule has 4 nitrogen and oxygen atoms in total. The van der Waals surface area contributed by atoms with E-state index in [9.17, 15) is 4.79 Å². The van der Waals surface area contributed by atoms with Gasteiger partial charge in [-0.25, -0.2) is 4.98 Å². The van der Waals surface area contributed by atoms with Gasteiger partial charge in [-0.3, -0.25) is 4.79 Å². The molecule has 0 N–H and O–H groups in total. The molecule has 2 aromatic carbocycles. The van der Waals surface area contributed by atoms with Gasteiger partial charge in [-0.05, 0) is 49.1 Å². The summed E-state index contributed by atoms with van der Waals surface area (Å²) in [7, 11) is 0. The first-order valence-corrected chi connectivity index (χ1v) is 9.38. The Labute approximate surface area is 158 Å². The molecule has 0 fully saturated rings. The summed E-state index contributed by atoms with van der Waals surface area (Å²) in [4.78, 5) is 19.1. The molecule has 0 aliphatic carbocycles. The van der Waals surface area contributed by atoms with E-state index in [1.165, 1.54) is 11.1 Å². The molecule has 134 valence electrons. The minimum absolute atomic E-state index is 0.0841. The highest BCUT2D eigenvalue weighted by Gasteiger charge is 2.30. The minimum Gasteiger partial charge on any atom is -0.325 e. The van der Waals surface area contributed by atoms with Crippen molar-refractivity contribution in [1.29, 1.82) is 0 Å². The topological polar surface area (TPSA) is 38.1 Å². The maximum atomic E-state index is 12.3. The number of halogens is 1. The highest BCUT2D eigenvalue weighted by Crippen LogP contribution is 2.43. The van der Waals surface area contributed by atoms with Crippen molar-refractivity contribution in [3.63, 3.8) is 0 Å². The van der Waals surface area contributed by atoms with Crippen LogP contribution in [0.1, 0.15) is 30.8 Å². The second kappa shape index (κ2) is 6.13. The lowest BCUT2D eigenvalue weighted by molar-refractivity contribution is -0.116. The van der Waals surface area contributed by atoms with Gasteiger partial charge in [0, 0.05) is 30.6 Å². The predicted molar refractivity (Wildman–Crippen MR) is 107 cm³/mol. The number of hydrogen-bond donors (Lipinski definition) is 0. The summed E-state index contributed by atoms with van der Waals surface area (Å²) in [6.07, 6.45) is 0.879. The summed E-state index contributed by atoms with van der Waals surface area (Å²) in [6, 6.07) is 7.95. The number of rotatable bonds is 2. The lowest BCUT2D eigenvalue weighted by Gasteiger charge is -2.31. The summed E-state index contributed by atoms with van der Waals surface area (Å²) in [6.45, 7) is 9.44. The van der Waals surface area contributed by atoms with Gasteiger partial charge in [-0.1, -0.05) is 30.7 Å². The molecule has 2 heterocycles. The Morgan fingerprint density at radius 2 is 1.88 bits per heavy atom. The van der Waals surface area contributed by atoms with Crippen LogP contribution in [0.4, 0.5) is 5.69 Å². The molecule has 1 aromatic heterocycles. The number of aromatic nitrogens is 2. The molecule has 0 saturated carbocycles. The van der Waals surface area contributed by atoms with Crippen molar-refractivity contribution in [3.05, 3.63) is 46.2 Å². The second-order valence-electron chi connectivity index (χ2n) is 6.87. The van der Waals surface area contributed by atoms with Crippen molar-refractivity contribution in [2.45, 2.75) is 40.7 Å². The zero-order chi connectivity index (χ0) is 18.6. The molecule has 5 heteroatoms. The molecule has 4 rings (SSSR count). The second-order valence-corrected chi connectivity index (χ2v) is 7.30. The fourth-order valence-corrected chi connectivity index (χ4v) is 4.36. The molecule has 1 amide bonds. The van der Waals surface area contributed by atoms with Gasteiger partial charge in [0.05, 0.1) is 16.7 Å². The molecule has 0 bridgehead atoms. The fraction of sp³-hybridized carbons (Fsp3) is 0.333. The zero-order valence-corrected chi connectivity index (χ0v) is 16.3. The van der Waals surface area contributed by atoms with Gasteiger partial charge in [0.2, 0.25) is 5.91 Å². The van der Waals surface area contributed by atoms with Crippen molar-refractivity contribution in [3.8, 4) is 11.1 Å². The highest BCUT2D eigenvalue weighted by molar-refractivity contribution is 6.30.